The van der Waals surface area contributed by atoms with Crippen molar-refractivity contribution >= 4 is 23.2 Å². The van der Waals surface area contributed by atoms with Gasteiger partial charge in [0.2, 0.25) is 0 Å². The maximum absolute atomic E-state index is 11.8. The number of nitrogens with zero attached hydrogens (tertiary/aromatic N) is 1. The fraction of sp³-hybridized carbons (Fsp3) is 0.364. The van der Waals surface area contributed by atoms with Crippen LogP contribution in [0.1, 0.15) is 30.1 Å². The lowest BCUT2D eigenvalue weighted by Crippen LogP contribution is -2.38. The fourth-order valence-electron chi connectivity index (χ4n) is 3.65. The monoisotopic (exact) mass is 395 g/mol. The molecule has 2 amide bonds. The van der Waals surface area contributed by atoms with Crippen molar-refractivity contribution in [2.45, 2.75) is 32.0 Å². The Morgan fingerprint density at radius 3 is 2.59 bits per heavy atom. The SMILES string of the molecule is CNC(=O)c1ccc(N2CCC(Oc3ccc4c(c3)NC(=O)C(C)O4)CC2)cc1. The van der Waals surface area contributed by atoms with Gasteiger partial charge in [-0.15, -0.1) is 0 Å². The van der Waals surface area contributed by atoms with Crippen LogP contribution >= 0.6 is 0 Å². The van der Waals surface area contributed by atoms with Crippen LogP contribution in [0, 0.1) is 0 Å². The molecule has 2 heterocycles. The number of anilines is 2. The topological polar surface area (TPSA) is 79.9 Å². The number of piperidine rings is 1. The average molecular weight is 395 g/mol. The Kier molecular flexibility index (Phi) is 5.29. The van der Waals surface area contributed by atoms with Gasteiger partial charge in [-0.3, -0.25) is 9.59 Å². The van der Waals surface area contributed by atoms with Gasteiger partial charge in [0.05, 0.1) is 5.69 Å². The molecule has 1 fully saturated rings. The molecule has 152 valence electrons. The minimum Gasteiger partial charge on any atom is -0.490 e. The molecule has 4 rings (SSSR count). The van der Waals surface area contributed by atoms with Crippen LogP contribution in [-0.4, -0.2) is 44.2 Å². The van der Waals surface area contributed by atoms with Crippen LogP contribution in [0.5, 0.6) is 11.5 Å². The number of hydrogen-bond donors (Lipinski definition) is 2. The molecule has 2 N–H and O–H groups in total. The van der Waals surface area contributed by atoms with E-state index in [1.54, 1.807) is 14.0 Å². The molecular weight excluding hydrogens is 370 g/mol. The molecule has 0 aliphatic carbocycles. The highest BCUT2D eigenvalue weighted by atomic mass is 16.5. The highest BCUT2D eigenvalue weighted by molar-refractivity contribution is 5.97. The average Bonchev–Trinajstić information content (AvgIpc) is 2.75. The van der Waals surface area contributed by atoms with Crippen molar-refractivity contribution < 1.29 is 19.1 Å². The number of hydrogen-bond acceptors (Lipinski definition) is 5. The molecule has 2 aromatic rings. The second-order valence-electron chi connectivity index (χ2n) is 7.34. The highest BCUT2D eigenvalue weighted by Crippen LogP contribution is 2.34. The first-order chi connectivity index (χ1) is 14.0. The molecule has 0 radical (unpaired) electrons. The van der Waals surface area contributed by atoms with E-state index in [1.165, 1.54) is 0 Å². The summed E-state index contributed by atoms with van der Waals surface area (Å²) in [6.07, 6.45) is 1.43. The quantitative estimate of drug-likeness (QED) is 0.832. The van der Waals surface area contributed by atoms with Crippen molar-refractivity contribution in [2.75, 3.05) is 30.4 Å². The molecule has 1 saturated heterocycles. The van der Waals surface area contributed by atoms with E-state index in [9.17, 15) is 9.59 Å². The zero-order valence-electron chi connectivity index (χ0n) is 16.6. The molecule has 29 heavy (non-hydrogen) atoms. The van der Waals surface area contributed by atoms with Gasteiger partial charge in [-0.2, -0.15) is 0 Å². The number of carbonyl (C=O) groups is 2. The summed E-state index contributed by atoms with van der Waals surface area (Å²) >= 11 is 0. The lowest BCUT2D eigenvalue weighted by molar-refractivity contribution is -0.122. The Labute approximate surface area is 170 Å². The van der Waals surface area contributed by atoms with E-state index in [0.29, 0.717) is 17.0 Å². The molecule has 0 saturated carbocycles. The number of amides is 2. The van der Waals surface area contributed by atoms with Gasteiger partial charge >= 0.3 is 0 Å². The summed E-state index contributed by atoms with van der Waals surface area (Å²) in [6, 6.07) is 13.2. The summed E-state index contributed by atoms with van der Waals surface area (Å²) in [5, 5.41) is 5.48. The predicted molar refractivity (Wildman–Crippen MR) is 111 cm³/mol. The zero-order chi connectivity index (χ0) is 20.4. The molecule has 2 aliphatic heterocycles. The Morgan fingerprint density at radius 2 is 1.90 bits per heavy atom. The molecule has 0 bridgehead atoms. The Balaban J connectivity index is 1.34. The van der Waals surface area contributed by atoms with Gasteiger partial charge in [0.1, 0.15) is 17.6 Å². The van der Waals surface area contributed by atoms with Crippen molar-refractivity contribution in [3.8, 4) is 11.5 Å². The molecule has 1 unspecified atom stereocenters. The number of ether oxygens (including phenoxy) is 2. The van der Waals surface area contributed by atoms with E-state index in [-0.39, 0.29) is 17.9 Å². The molecule has 0 aromatic heterocycles. The van der Waals surface area contributed by atoms with Crippen LogP contribution in [0.25, 0.3) is 0 Å². The number of nitrogens with one attached hydrogen (secondary N) is 2. The zero-order valence-corrected chi connectivity index (χ0v) is 16.6. The van der Waals surface area contributed by atoms with Crippen LogP contribution in [0.2, 0.25) is 0 Å². The smallest absolute Gasteiger partial charge is 0.265 e. The molecule has 7 nitrogen and oxygen atoms in total. The predicted octanol–water partition coefficient (Wildman–Crippen LogP) is 2.81. The fourth-order valence-corrected chi connectivity index (χ4v) is 3.65. The number of benzene rings is 2. The first kappa shape index (κ1) is 19.1. The van der Waals surface area contributed by atoms with E-state index in [1.807, 2.05) is 42.5 Å². The minimum atomic E-state index is -0.482. The Morgan fingerprint density at radius 1 is 1.17 bits per heavy atom. The lowest BCUT2D eigenvalue weighted by atomic mass is 10.1. The largest absolute Gasteiger partial charge is 0.490 e. The first-order valence-electron chi connectivity index (χ1n) is 9.89. The van der Waals surface area contributed by atoms with Crippen molar-refractivity contribution in [1.82, 2.24) is 5.32 Å². The third-order valence-corrected chi connectivity index (χ3v) is 5.35. The summed E-state index contributed by atoms with van der Waals surface area (Å²) < 4.78 is 11.7. The van der Waals surface area contributed by atoms with Gasteiger partial charge in [0.25, 0.3) is 11.8 Å². The van der Waals surface area contributed by atoms with Crippen molar-refractivity contribution in [3.63, 3.8) is 0 Å². The van der Waals surface area contributed by atoms with Crippen molar-refractivity contribution in [3.05, 3.63) is 48.0 Å². The van der Waals surface area contributed by atoms with E-state index < -0.39 is 6.10 Å². The van der Waals surface area contributed by atoms with E-state index >= 15 is 0 Å². The van der Waals surface area contributed by atoms with Crippen LogP contribution < -0.4 is 25.0 Å². The van der Waals surface area contributed by atoms with Gasteiger partial charge in [-0.05, 0) is 43.3 Å². The normalized spacial score (nSPS) is 19.0. The van der Waals surface area contributed by atoms with Crippen LogP contribution in [0.3, 0.4) is 0 Å². The van der Waals surface area contributed by atoms with Crippen LogP contribution in [0.15, 0.2) is 42.5 Å². The molecule has 2 aromatic carbocycles. The number of fused-ring (bicyclic) bond motifs is 1. The molecule has 1 atom stereocenters. The summed E-state index contributed by atoms with van der Waals surface area (Å²) in [7, 11) is 1.63. The van der Waals surface area contributed by atoms with E-state index in [0.717, 1.165) is 37.4 Å². The number of carbonyl (C=O) groups excluding carboxylic acids is 2. The van der Waals surface area contributed by atoms with Gasteiger partial charge in [-0.1, -0.05) is 0 Å². The van der Waals surface area contributed by atoms with Crippen LogP contribution in [0.4, 0.5) is 11.4 Å². The van der Waals surface area contributed by atoms with Crippen molar-refractivity contribution in [1.29, 1.82) is 0 Å². The lowest BCUT2D eigenvalue weighted by Gasteiger charge is -2.34. The highest BCUT2D eigenvalue weighted by Gasteiger charge is 2.25. The van der Waals surface area contributed by atoms with Gasteiger partial charge in [0.15, 0.2) is 6.10 Å². The third-order valence-electron chi connectivity index (χ3n) is 5.35. The summed E-state index contributed by atoms with van der Waals surface area (Å²) in [4.78, 5) is 25.8. The standard InChI is InChI=1S/C22H25N3O4/c1-14-21(26)24-19-13-18(7-8-20(19)28-14)29-17-9-11-25(12-10-17)16-5-3-15(4-6-16)22(27)23-2/h3-8,13-14,17H,9-12H2,1-2H3,(H,23,27)(H,24,26). The maximum Gasteiger partial charge on any atom is 0.265 e. The summed E-state index contributed by atoms with van der Waals surface area (Å²) in [5.41, 5.74) is 2.42. The van der Waals surface area contributed by atoms with Gasteiger partial charge in [-0.25, -0.2) is 0 Å². The second kappa shape index (κ2) is 8.03. The second-order valence-corrected chi connectivity index (χ2v) is 7.34. The number of rotatable bonds is 4. The minimum absolute atomic E-state index is 0.0789. The van der Waals surface area contributed by atoms with Crippen LogP contribution in [-0.2, 0) is 4.79 Å². The van der Waals surface area contributed by atoms with Gasteiger partial charge in [0, 0.05) is 50.3 Å². The van der Waals surface area contributed by atoms with E-state index in [4.69, 9.17) is 9.47 Å². The Hall–Kier alpha value is -3.22. The third kappa shape index (κ3) is 4.13. The molecular formula is C22H25N3O4. The molecule has 7 heteroatoms. The molecule has 0 spiro atoms. The molecule has 2 aliphatic rings. The Bertz CT molecular complexity index is 905. The first-order valence-corrected chi connectivity index (χ1v) is 9.89. The van der Waals surface area contributed by atoms with Crippen molar-refractivity contribution in [2.24, 2.45) is 0 Å². The summed E-state index contributed by atoms with van der Waals surface area (Å²) in [5.74, 6) is 1.17. The van der Waals surface area contributed by atoms with E-state index in [2.05, 4.69) is 15.5 Å². The maximum atomic E-state index is 11.8. The summed E-state index contributed by atoms with van der Waals surface area (Å²) in [6.45, 7) is 3.49. The van der Waals surface area contributed by atoms with Gasteiger partial charge < -0.3 is 25.0 Å².